The largest absolute Gasteiger partial charge is 0.328 e. The smallest absolute Gasteiger partial charge is 0.255 e. The van der Waals surface area contributed by atoms with Crippen molar-refractivity contribution in [2.75, 3.05) is 13.1 Å². The zero-order valence-corrected chi connectivity index (χ0v) is 15.8. The number of nitrogens with zero attached hydrogens (tertiary/aromatic N) is 4. The number of carbonyl (C=O) groups excluding carboxylic acids is 1. The van der Waals surface area contributed by atoms with E-state index < -0.39 is 0 Å². The van der Waals surface area contributed by atoms with Crippen LogP contribution in [0.15, 0.2) is 29.3 Å². The number of aromatic nitrogens is 3. The molecule has 0 aliphatic carbocycles. The van der Waals surface area contributed by atoms with Crippen LogP contribution in [0.25, 0.3) is 0 Å². The second-order valence-corrected chi connectivity index (χ2v) is 7.58. The van der Waals surface area contributed by atoms with Gasteiger partial charge in [0.15, 0.2) is 0 Å². The highest BCUT2D eigenvalue weighted by Gasteiger charge is 2.33. The molecular weight excluding hydrogens is 342 g/mol. The van der Waals surface area contributed by atoms with E-state index in [1.807, 2.05) is 4.90 Å². The van der Waals surface area contributed by atoms with Gasteiger partial charge < -0.3 is 9.88 Å². The predicted octanol–water partition coefficient (Wildman–Crippen LogP) is 1.91. The molecule has 0 aromatic carbocycles. The minimum atomic E-state index is -0.174. The molecule has 0 spiro atoms. The molecule has 1 atom stereocenters. The number of carbonyl (C=O) groups is 1. The standard InChI is InChI=1S/C20H25N5O2/c1-13(2)24-11-7-16-15(12-24)19(26)23-18(22-16)17-4-3-10-25(17)20(27)14-5-8-21-9-6-14/h5-6,8-9,13,17H,3-4,7,10-12H2,1-2H3,(H,22,23,26). The van der Waals surface area contributed by atoms with Crippen LogP contribution in [-0.2, 0) is 13.0 Å². The van der Waals surface area contributed by atoms with E-state index in [0.717, 1.165) is 37.1 Å². The quantitative estimate of drug-likeness (QED) is 0.896. The van der Waals surface area contributed by atoms with Crippen molar-refractivity contribution >= 4 is 5.91 Å². The van der Waals surface area contributed by atoms with E-state index in [4.69, 9.17) is 4.98 Å². The highest BCUT2D eigenvalue weighted by molar-refractivity contribution is 5.94. The fourth-order valence-corrected chi connectivity index (χ4v) is 4.02. The Morgan fingerprint density at radius 3 is 2.78 bits per heavy atom. The van der Waals surface area contributed by atoms with Gasteiger partial charge in [-0.15, -0.1) is 0 Å². The van der Waals surface area contributed by atoms with Crippen molar-refractivity contribution < 1.29 is 4.79 Å². The Morgan fingerprint density at radius 1 is 1.26 bits per heavy atom. The maximum Gasteiger partial charge on any atom is 0.255 e. The molecule has 142 valence electrons. The van der Waals surface area contributed by atoms with Crippen LogP contribution in [0.5, 0.6) is 0 Å². The van der Waals surface area contributed by atoms with Crippen molar-refractivity contribution in [3.63, 3.8) is 0 Å². The van der Waals surface area contributed by atoms with E-state index in [-0.39, 0.29) is 17.5 Å². The molecule has 2 aliphatic rings. The summed E-state index contributed by atoms with van der Waals surface area (Å²) in [6.07, 6.45) is 5.74. The Balaban J connectivity index is 1.63. The van der Waals surface area contributed by atoms with Gasteiger partial charge in [-0.25, -0.2) is 4.98 Å². The third-order valence-corrected chi connectivity index (χ3v) is 5.60. The van der Waals surface area contributed by atoms with E-state index >= 15 is 0 Å². The summed E-state index contributed by atoms with van der Waals surface area (Å²) in [6.45, 7) is 6.50. The lowest BCUT2D eigenvalue weighted by molar-refractivity contribution is 0.0729. The van der Waals surface area contributed by atoms with Gasteiger partial charge in [-0.2, -0.15) is 0 Å². The van der Waals surface area contributed by atoms with Gasteiger partial charge in [-0.05, 0) is 38.8 Å². The SMILES string of the molecule is CC(C)N1CCc2nc(C3CCCN3C(=O)c3ccncc3)[nH]c(=O)c2C1. The van der Waals surface area contributed by atoms with Gasteiger partial charge in [0.1, 0.15) is 5.82 Å². The van der Waals surface area contributed by atoms with Crippen molar-refractivity contribution in [3.05, 3.63) is 57.5 Å². The maximum atomic E-state index is 12.9. The summed E-state index contributed by atoms with van der Waals surface area (Å²) in [4.78, 5) is 41.5. The normalized spacial score (nSPS) is 20.1. The van der Waals surface area contributed by atoms with E-state index in [1.54, 1.807) is 24.5 Å². The fraction of sp³-hybridized carbons (Fsp3) is 0.500. The summed E-state index contributed by atoms with van der Waals surface area (Å²) in [5.74, 6) is 0.586. The molecule has 7 nitrogen and oxygen atoms in total. The molecule has 2 aliphatic heterocycles. The Labute approximate surface area is 158 Å². The van der Waals surface area contributed by atoms with Crippen molar-refractivity contribution in [1.82, 2.24) is 24.8 Å². The summed E-state index contributed by atoms with van der Waals surface area (Å²) in [5, 5.41) is 0. The zero-order chi connectivity index (χ0) is 19.0. The molecule has 0 radical (unpaired) electrons. The van der Waals surface area contributed by atoms with Gasteiger partial charge >= 0.3 is 0 Å². The van der Waals surface area contributed by atoms with Crippen LogP contribution in [0.3, 0.4) is 0 Å². The number of hydrogen-bond donors (Lipinski definition) is 1. The van der Waals surface area contributed by atoms with Crippen LogP contribution in [-0.4, -0.2) is 49.8 Å². The van der Waals surface area contributed by atoms with Gasteiger partial charge in [-0.3, -0.25) is 19.5 Å². The monoisotopic (exact) mass is 367 g/mol. The highest BCUT2D eigenvalue weighted by atomic mass is 16.2. The second kappa shape index (κ2) is 7.23. The molecular formula is C20H25N5O2. The average molecular weight is 367 g/mol. The molecule has 0 saturated carbocycles. The Bertz CT molecular complexity index is 893. The third-order valence-electron chi connectivity index (χ3n) is 5.60. The van der Waals surface area contributed by atoms with Crippen LogP contribution in [0.2, 0.25) is 0 Å². The van der Waals surface area contributed by atoms with E-state index in [1.165, 1.54) is 0 Å². The van der Waals surface area contributed by atoms with Gasteiger partial charge in [-0.1, -0.05) is 0 Å². The van der Waals surface area contributed by atoms with Crippen molar-refractivity contribution in [3.8, 4) is 0 Å². The minimum absolute atomic E-state index is 0.0359. The zero-order valence-electron chi connectivity index (χ0n) is 15.8. The molecule has 1 unspecified atom stereocenters. The van der Waals surface area contributed by atoms with Crippen LogP contribution in [0, 0.1) is 0 Å². The third kappa shape index (κ3) is 3.39. The lowest BCUT2D eigenvalue weighted by Crippen LogP contribution is -2.40. The number of hydrogen-bond acceptors (Lipinski definition) is 5. The van der Waals surface area contributed by atoms with Gasteiger partial charge in [0, 0.05) is 50.1 Å². The lowest BCUT2D eigenvalue weighted by Gasteiger charge is -2.31. The Kier molecular flexibility index (Phi) is 4.78. The summed E-state index contributed by atoms with van der Waals surface area (Å²) in [6, 6.07) is 3.68. The van der Waals surface area contributed by atoms with Crippen LogP contribution in [0.1, 0.15) is 60.2 Å². The molecule has 1 saturated heterocycles. The number of rotatable bonds is 3. The maximum absolute atomic E-state index is 12.9. The van der Waals surface area contributed by atoms with Crippen LogP contribution >= 0.6 is 0 Å². The first kappa shape index (κ1) is 17.9. The number of pyridine rings is 1. The van der Waals surface area contributed by atoms with Gasteiger partial charge in [0.2, 0.25) is 0 Å². The first-order valence-electron chi connectivity index (χ1n) is 9.61. The molecule has 2 aromatic rings. The predicted molar refractivity (Wildman–Crippen MR) is 101 cm³/mol. The number of aromatic amines is 1. The number of fused-ring (bicyclic) bond motifs is 1. The van der Waals surface area contributed by atoms with E-state index in [2.05, 4.69) is 28.7 Å². The van der Waals surface area contributed by atoms with E-state index in [0.29, 0.717) is 30.5 Å². The van der Waals surface area contributed by atoms with Crippen LogP contribution in [0.4, 0.5) is 0 Å². The fourth-order valence-electron chi connectivity index (χ4n) is 4.02. The molecule has 1 amide bonds. The van der Waals surface area contributed by atoms with Gasteiger partial charge in [0.05, 0.1) is 17.3 Å². The molecule has 0 bridgehead atoms. The molecule has 4 heterocycles. The summed E-state index contributed by atoms with van der Waals surface area (Å²) >= 11 is 0. The Hall–Kier alpha value is -2.54. The second-order valence-electron chi connectivity index (χ2n) is 7.58. The van der Waals surface area contributed by atoms with Crippen molar-refractivity contribution in [2.24, 2.45) is 0 Å². The molecule has 1 fully saturated rings. The average Bonchev–Trinajstić information content (AvgIpc) is 3.17. The summed E-state index contributed by atoms with van der Waals surface area (Å²) in [5.41, 5.74) is 2.20. The number of likely N-dealkylation sites (tertiary alicyclic amines) is 1. The highest BCUT2D eigenvalue weighted by Crippen LogP contribution is 2.31. The number of nitrogens with one attached hydrogen (secondary N) is 1. The van der Waals surface area contributed by atoms with Crippen molar-refractivity contribution in [1.29, 1.82) is 0 Å². The Morgan fingerprint density at radius 2 is 2.04 bits per heavy atom. The molecule has 27 heavy (non-hydrogen) atoms. The number of H-pyrrole nitrogens is 1. The first-order valence-corrected chi connectivity index (χ1v) is 9.61. The molecule has 1 N–H and O–H groups in total. The first-order chi connectivity index (χ1) is 13.0. The van der Waals surface area contributed by atoms with E-state index in [9.17, 15) is 9.59 Å². The van der Waals surface area contributed by atoms with Gasteiger partial charge in [0.25, 0.3) is 11.5 Å². The lowest BCUT2D eigenvalue weighted by atomic mass is 10.0. The topological polar surface area (TPSA) is 82.2 Å². The van der Waals surface area contributed by atoms with Crippen LogP contribution < -0.4 is 5.56 Å². The number of amides is 1. The molecule has 2 aromatic heterocycles. The summed E-state index contributed by atoms with van der Waals surface area (Å²) < 4.78 is 0. The summed E-state index contributed by atoms with van der Waals surface area (Å²) in [7, 11) is 0. The minimum Gasteiger partial charge on any atom is -0.328 e. The van der Waals surface area contributed by atoms with Crippen molar-refractivity contribution in [2.45, 2.75) is 51.7 Å². The molecule has 4 rings (SSSR count). The molecule has 7 heteroatoms.